The first-order chi connectivity index (χ1) is 12.5. The van der Waals surface area contributed by atoms with Crippen LogP contribution in [-0.4, -0.2) is 116 Å². The van der Waals surface area contributed by atoms with Crippen molar-refractivity contribution < 1.29 is 24.2 Å². The molecule has 0 aromatic rings. The zero-order valence-electron chi connectivity index (χ0n) is 15.4. The van der Waals surface area contributed by atoms with Crippen molar-refractivity contribution in [3.05, 3.63) is 0 Å². The summed E-state index contributed by atoms with van der Waals surface area (Å²) in [4.78, 5) is 29.6. The Morgan fingerprint density at radius 1 is 1.08 bits per heavy atom. The number of hydrogen-bond donors (Lipinski definition) is 2. The molecular formula is C17H30N4O5. The molecule has 9 nitrogen and oxygen atoms in total. The average molecular weight is 370 g/mol. The van der Waals surface area contributed by atoms with Crippen molar-refractivity contribution in [2.45, 2.75) is 31.6 Å². The van der Waals surface area contributed by atoms with E-state index >= 15 is 0 Å². The summed E-state index contributed by atoms with van der Waals surface area (Å²) in [7, 11) is 0. The number of ether oxygens (including phenoxy) is 2. The molecule has 148 valence electrons. The van der Waals surface area contributed by atoms with Gasteiger partial charge in [-0.25, -0.2) is 4.79 Å². The Labute approximate surface area is 154 Å². The minimum absolute atomic E-state index is 0.106. The van der Waals surface area contributed by atoms with Gasteiger partial charge < -0.3 is 29.7 Å². The second-order valence-corrected chi connectivity index (χ2v) is 7.18. The summed E-state index contributed by atoms with van der Waals surface area (Å²) in [5.41, 5.74) is 0. The van der Waals surface area contributed by atoms with Crippen molar-refractivity contribution in [1.29, 1.82) is 0 Å². The second-order valence-electron chi connectivity index (χ2n) is 7.18. The van der Waals surface area contributed by atoms with Crippen molar-refractivity contribution in [2.24, 2.45) is 0 Å². The standard InChI is InChI=1S/C17H30N4O5/c1-13(22)20-4-2-3-19(5-6-20)11-15-16(23)14(12-26-15)18-17(24)21-7-9-25-10-8-21/h14-16,23H,2-12H2,1H3,(H,18,24)/t14-,15-,16+/m0/s1. The van der Waals surface area contributed by atoms with Gasteiger partial charge in [-0.3, -0.25) is 9.69 Å². The van der Waals surface area contributed by atoms with E-state index < -0.39 is 12.1 Å². The van der Waals surface area contributed by atoms with Crippen LogP contribution in [0.3, 0.4) is 0 Å². The first-order valence-electron chi connectivity index (χ1n) is 9.45. The molecule has 3 heterocycles. The van der Waals surface area contributed by atoms with E-state index in [0.717, 1.165) is 26.1 Å². The van der Waals surface area contributed by atoms with Crippen LogP contribution in [0.15, 0.2) is 0 Å². The molecule has 0 bridgehead atoms. The van der Waals surface area contributed by atoms with Crippen molar-refractivity contribution in [2.75, 3.05) is 65.6 Å². The van der Waals surface area contributed by atoms with Gasteiger partial charge in [-0.05, 0) is 13.0 Å². The van der Waals surface area contributed by atoms with Crippen LogP contribution in [0.2, 0.25) is 0 Å². The minimum atomic E-state index is -0.729. The topological polar surface area (TPSA) is 94.6 Å². The number of nitrogens with one attached hydrogen (secondary N) is 1. The quantitative estimate of drug-likeness (QED) is 0.642. The van der Waals surface area contributed by atoms with Gasteiger partial charge in [-0.1, -0.05) is 0 Å². The summed E-state index contributed by atoms with van der Waals surface area (Å²) in [6.45, 7) is 7.88. The van der Waals surface area contributed by atoms with Gasteiger partial charge in [-0.2, -0.15) is 0 Å². The lowest BCUT2D eigenvalue weighted by Crippen LogP contribution is -2.53. The number of carbonyl (C=O) groups excluding carboxylic acids is 2. The van der Waals surface area contributed by atoms with Crippen LogP contribution in [0.25, 0.3) is 0 Å². The van der Waals surface area contributed by atoms with Crippen LogP contribution in [0.5, 0.6) is 0 Å². The Hall–Kier alpha value is -1.42. The van der Waals surface area contributed by atoms with Gasteiger partial charge in [0.05, 0.1) is 32.0 Å². The number of urea groups is 1. The fourth-order valence-electron chi connectivity index (χ4n) is 3.71. The predicted octanol–water partition coefficient (Wildman–Crippen LogP) is -1.29. The van der Waals surface area contributed by atoms with Crippen molar-refractivity contribution in [3.8, 4) is 0 Å². The summed E-state index contributed by atoms with van der Waals surface area (Å²) >= 11 is 0. The van der Waals surface area contributed by atoms with E-state index in [0.29, 0.717) is 46.0 Å². The van der Waals surface area contributed by atoms with E-state index in [1.165, 1.54) is 0 Å². The summed E-state index contributed by atoms with van der Waals surface area (Å²) < 4.78 is 11.0. The molecule has 0 saturated carbocycles. The largest absolute Gasteiger partial charge is 0.388 e. The number of nitrogens with zero attached hydrogens (tertiary/aromatic N) is 3. The maximum atomic E-state index is 12.3. The van der Waals surface area contributed by atoms with Crippen LogP contribution in [-0.2, 0) is 14.3 Å². The fourth-order valence-corrected chi connectivity index (χ4v) is 3.71. The molecule has 0 aliphatic carbocycles. The summed E-state index contributed by atoms with van der Waals surface area (Å²) in [6.07, 6.45) is -0.138. The summed E-state index contributed by atoms with van der Waals surface area (Å²) in [6, 6.07) is -0.565. The first-order valence-corrected chi connectivity index (χ1v) is 9.45. The Morgan fingerprint density at radius 3 is 2.58 bits per heavy atom. The molecule has 0 unspecified atom stereocenters. The summed E-state index contributed by atoms with van der Waals surface area (Å²) in [5, 5.41) is 13.4. The molecule has 0 aromatic carbocycles. The van der Waals surface area contributed by atoms with Crippen LogP contribution >= 0.6 is 0 Å². The van der Waals surface area contributed by atoms with Crippen molar-refractivity contribution in [1.82, 2.24) is 20.0 Å². The van der Waals surface area contributed by atoms with E-state index in [-0.39, 0.29) is 18.0 Å². The lowest BCUT2D eigenvalue weighted by Gasteiger charge is -2.29. The van der Waals surface area contributed by atoms with Crippen LogP contribution in [0, 0.1) is 0 Å². The lowest BCUT2D eigenvalue weighted by atomic mass is 10.1. The number of hydrogen-bond acceptors (Lipinski definition) is 6. The predicted molar refractivity (Wildman–Crippen MR) is 93.8 cm³/mol. The van der Waals surface area contributed by atoms with Gasteiger partial charge in [-0.15, -0.1) is 0 Å². The molecule has 2 N–H and O–H groups in total. The molecule has 3 rings (SSSR count). The molecule has 3 aliphatic heterocycles. The monoisotopic (exact) mass is 370 g/mol. The second kappa shape index (κ2) is 8.98. The Balaban J connectivity index is 1.45. The third kappa shape index (κ3) is 4.85. The Kier molecular flexibility index (Phi) is 6.68. The SMILES string of the molecule is CC(=O)N1CCCN(C[C@@H]2OC[C@H](NC(=O)N3CCOCC3)[C@H]2O)CC1. The Bertz CT molecular complexity index is 500. The average Bonchev–Trinajstić information content (AvgIpc) is 2.85. The fraction of sp³-hybridized carbons (Fsp3) is 0.882. The van der Waals surface area contributed by atoms with Crippen LogP contribution in [0.4, 0.5) is 4.79 Å². The smallest absolute Gasteiger partial charge is 0.317 e. The molecule has 26 heavy (non-hydrogen) atoms. The molecule has 0 radical (unpaired) electrons. The highest BCUT2D eigenvalue weighted by atomic mass is 16.5. The number of carbonyl (C=O) groups is 2. The van der Waals surface area contributed by atoms with Gasteiger partial charge >= 0.3 is 6.03 Å². The van der Waals surface area contributed by atoms with E-state index in [1.54, 1.807) is 11.8 Å². The minimum Gasteiger partial charge on any atom is -0.388 e. The van der Waals surface area contributed by atoms with Gasteiger partial charge in [0, 0.05) is 46.2 Å². The third-order valence-corrected chi connectivity index (χ3v) is 5.36. The molecule has 0 spiro atoms. The zero-order chi connectivity index (χ0) is 18.5. The van der Waals surface area contributed by atoms with Gasteiger partial charge in [0.1, 0.15) is 6.10 Å². The number of amides is 3. The normalized spacial score (nSPS) is 30.9. The van der Waals surface area contributed by atoms with Crippen molar-refractivity contribution >= 4 is 11.9 Å². The highest BCUT2D eigenvalue weighted by molar-refractivity contribution is 5.74. The van der Waals surface area contributed by atoms with Gasteiger partial charge in [0.25, 0.3) is 0 Å². The Morgan fingerprint density at radius 2 is 1.85 bits per heavy atom. The number of aliphatic hydroxyl groups is 1. The molecule has 9 heteroatoms. The molecule has 3 fully saturated rings. The number of aliphatic hydroxyl groups excluding tert-OH is 1. The summed E-state index contributed by atoms with van der Waals surface area (Å²) in [5.74, 6) is 0.106. The third-order valence-electron chi connectivity index (χ3n) is 5.36. The van der Waals surface area contributed by atoms with Gasteiger partial charge in [0.2, 0.25) is 5.91 Å². The zero-order valence-corrected chi connectivity index (χ0v) is 15.4. The molecule has 3 aliphatic rings. The van der Waals surface area contributed by atoms with Crippen LogP contribution in [0.1, 0.15) is 13.3 Å². The molecule has 0 aromatic heterocycles. The number of rotatable bonds is 3. The molecule has 3 atom stereocenters. The maximum Gasteiger partial charge on any atom is 0.317 e. The van der Waals surface area contributed by atoms with Crippen LogP contribution < -0.4 is 5.32 Å². The first kappa shape index (κ1) is 19.3. The van der Waals surface area contributed by atoms with E-state index in [1.807, 2.05) is 4.90 Å². The molecule has 3 saturated heterocycles. The lowest BCUT2D eigenvalue weighted by molar-refractivity contribution is -0.128. The highest BCUT2D eigenvalue weighted by Gasteiger charge is 2.38. The van der Waals surface area contributed by atoms with E-state index in [2.05, 4.69) is 10.2 Å². The highest BCUT2D eigenvalue weighted by Crippen LogP contribution is 2.17. The van der Waals surface area contributed by atoms with E-state index in [9.17, 15) is 14.7 Å². The van der Waals surface area contributed by atoms with E-state index in [4.69, 9.17) is 9.47 Å². The molecule has 3 amide bonds. The number of morpholine rings is 1. The van der Waals surface area contributed by atoms with Gasteiger partial charge in [0.15, 0.2) is 0 Å². The maximum absolute atomic E-state index is 12.3. The van der Waals surface area contributed by atoms with Crippen molar-refractivity contribution in [3.63, 3.8) is 0 Å². The molecular weight excluding hydrogens is 340 g/mol.